The predicted octanol–water partition coefficient (Wildman–Crippen LogP) is 3.80. The van der Waals surface area contributed by atoms with Crippen molar-refractivity contribution in [3.05, 3.63) is 53.3 Å². The molecule has 0 atom stereocenters. The Kier molecular flexibility index (Phi) is 5.55. The molecule has 2 rings (SSSR count). The van der Waals surface area contributed by atoms with Gasteiger partial charge in [-0.05, 0) is 12.3 Å². The van der Waals surface area contributed by atoms with Gasteiger partial charge in [0.05, 0.1) is 0 Å². The Morgan fingerprint density at radius 1 is 1.41 bits per heavy atom. The Balaban J connectivity index is 2.25. The molecule has 0 aliphatic heterocycles. The Morgan fingerprint density at radius 2 is 2.14 bits per heavy atom. The van der Waals surface area contributed by atoms with Crippen LogP contribution >= 0.6 is 11.8 Å². The normalized spacial score (nSPS) is 11.3. The van der Waals surface area contributed by atoms with Gasteiger partial charge in [0.2, 0.25) is 11.9 Å². The molecule has 1 aromatic heterocycles. The first-order valence-electron chi connectivity index (χ1n) is 6.85. The quantitative estimate of drug-likeness (QED) is 0.879. The molecule has 114 valence electrons. The van der Waals surface area contributed by atoms with Gasteiger partial charge in [-0.3, -0.25) is 4.79 Å². The Labute approximate surface area is 134 Å². The van der Waals surface area contributed by atoms with Crippen LogP contribution in [-0.4, -0.2) is 27.2 Å². The molecule has 0 saturated heterocycles. The van der Waals surface area contributed by atoms with E-state index in [0.29, 0.717) is 18.3 Å². The molecule has 1 N–H and O–H groups in total. The molecule has 0 spiro atoms. The van der Waals surface area contributed by atoms with Gasteiger partial charge in [-0.25, -0.2) is 0 Å². The Hall–Kier alpha value is -2.34. The Bertz CT molecular complexity index is 691. The largest absolute Gasteiger partial charge is 0.349 e. The fourth-order valence-electron chi connectivity index (χ4n) is 1.84. The highest BCUT2D eigenvalue weighted by Crippen LogP contribution is 2.20. The molecule has 5 nitrogen and oxygen atoms in total. The van der Waals surface area contributed by atoms with Crippen molar-refractivity contribution in [3.63, 3.8) is 0 Å². The minimum Gasteiger partial charge on any atom is -0.349 e. The molecule has 0 aliphatic carbocycles. The second kappa shape index (κ2) is 7.61. The first-order chi connectivity index (χ1) is 10.7. The second-order valence-electron chi connectivity index (χ2n) is 4.45. The van der Waals surface area contributed by atoms with Crippen molar-refractivity contribution in [2.45, 2.75) is 13.8 Å². The van der Waals surface area contributed by atoms with Crippen LogP contribution in [-0.2, 0) is 0 Å². The van der Waals surface area contributed by atoms with E-state index in [2.05, 4.69) is 22.0 Å². The molecule has 0 radical (unpaired) electrons. The lowest BCUT2D eigenvalue weighted by Crippen LogP contribution is -2.14. The lowest BCUT2D eigenvalue weighted by atomic mass is 10.2. The molecular formula is C16H18N4OS. The number of carbonyl (C=O) groups excluding carboxylic acids is 1. The van der Waals surface area contributed by atoms with Crippen LogP contribution < -0.4 is 5.32 Å². The summed E-state index contributed by atoms with van der Waals surface area (Å²) in [4.78, 5) is 17.3. The van der Waals surface area contributed by atoms with Crippen LogP contribution in [0.25, 0.3) is 11.4 Å². The average molecular weight is 314 g/mol. The third-order valence-corrected chi connectivity index (χ3v) is 3.76. The van der Waals surface area contributed by atoms with Crippen molar-refractivity contribution in [1.29, 1.82) is 0 Å². The van der Waals surface area contributed by atoms with Gasteiger partial charge in [-0.15, -0.1) is 16.9 Å². The Morgan fingerprint density at radius 3 is 2.73 bits per heavy atom. The van der Waals surface area contributed by atoms with Crippen LogP contribution in [0.4, 0.5) is 5.95 Å². The summed E-state index contributed by atoms with van der Waals surface area (Å²) in [6.45, 7) is 7.68. The van der Waals surface area contributed by atoms with Gasteiger partial charge in [0, 0.05) is 23.9 Å². The molecule has 0 bridgehead atoms. The van der Waals surface area contributed by atoms with E-state index >= 15 is 0 Å². The van der Waals surface area contributed by atoms with Crippen LogP contribution in [0.5, 0.6) is 0 Å². The number of allylic oxidation sites excluding steroid dienone is 1. The summed E-state index contributed by atoms with van der Waals surface area (Å²) in [6, 6.07) is 9.57. The van der Waals surface area contributed by atoms with Crippen molar-refractivity contribution in [2.24, 2.45) is 0 Å². The third-order valence-electron chi connectivity index (χ3n) is 2.91. The van der Waals surface area contributed by atoms with Gasteiger partial charge in [0.25, 0.3) is 0 Å². The fourth-order valence-corrected chi connectivity index (χ4v) is 2.35. The molecule has 0 unspecified atom stereocenters. The molecule has 2 aromatic rings. The molecule has 1 heterocycles. The molecule has 0 saturated carbocycles. The highest BCUT2D eigenvalue weighted by Gasteiger charge is 2.14. The van der Waals surface area contributed by atoms with Gasteiger partial charge in [-0.2, -0.15) is 9.67 Å². The summed E-state index contributed by atoms with van der Waals surface area (Å²) in [7, 11) is 0. The van der Waals surface area contributed by atoms with Gasteiger partial charge >= 0.3 is 0 Å². The maximum atomic E-state index is 11.7. The van der Waals surface area contributed by atoms with Crippen molar-refractivity contribution < 1.29 is 4.79 Å². The number of hydrogen-bond donors (Lipinski definition) is 1. The zero-order chi connectivity index (χ0) is 15.9. The standard InChI is InChI=1S/C16H18N4OS/c1-4-14(22-5-2)11-17-16-18-15(19-20(16)12(3)21)13-9-7-6-8-10-13/h4-10H,2,11H2,1,3H3,(H,17,18,19)/b14-4-. The van der Waals surface area contributed by atoms with E-state index in [1.54, 1.807) is 5.41 Å². The number of nitrogens with zero attached hydrogens (tertiary/aromatic N) is 3. The SMILES string of the molecule is C=CS/C(=C\C)CNc1nc(-c2ccccc2)nn1C(C)=O. The van der Waals surface area contributed by atoms with Gasteiger partial charge in [0.15, 0.2) is 5.82 Å². The predicted molar refractivity (Wildman–Crippen MR) is 91.8 cm³/mol. The summed E-state index contributed by atoms with van der Waals surface area (Å²) >= 11 is 1.53. The van der Waals surface area contributed by atoms with E-state index in [1.807, 2.05) is 43.3 Å². The first-order valence-corrected chi connectivity index (χ1v) is 7.73. The van der Waals surface area contributed by atoms with Crippen LogP contribution in [0.2, 0.25) is 0 Å². The van der Waals surface area contributed by atoms with Gasteiger partial charge in [-0.1, -0.05) is 43.0 Å². The van der Waals surface area contributed by atoms with Crippen molar-refractivity contribution in [2.75, 3.05) is 11.9 Å². The summed E-state index contributed by atoms with van der Waals surface area (Å²) in [5, 5.41) is 9.19. The number of rotatable bonds is 6. The summed E-state index contributed by atoms with van der Waals surface area (Å²) in [6.07, 6.45) is 1.99. The molecular weight excluding hydrogens is 296 g/mol. The van der Waals surface area contributed by atoms with Crippen LogP contribution in [0.15, 0.2) is 53.3 Å². The minimum atomic E-state index is -0.185. The number of thioether (sulfide) groups is 1. The van der Waals surface area contributed by atoms with E-state index < -0.39 is 0 Å². The molecule has 1 aromatic carbocycles. The molecule has 0 amide bonds. The summed E-state index contributed by atoms with van der Waals surface area (Å²) in [5.41, 5.74) is 0.872. The summed E-state index contributed by atoms with van der Waals surface area (Å²) < 4.78 is 1.29. The zero-order valence-electron chi connectivity index (χ0n) is 12.6. The topological polar surface area (TPSA) is 59.8 Å². The second-order valence-corrected chi connectivity index (χ2v) is 5.54. The molecule has 6 heteroatoms. The highest BCUT2D eigenvalue weighted by atomic mass is 32.2. The van der Waals surface area contributed by atoms with E-state index in [0.717, 1.165) is 10.5 Å². The highest BCUT2D eigenvalue weighted by molar-refractivity contribution is 8.05. The van der Waals surface area contributed by atoms with Gasteiger partial charge < -0.3 is 5.32 Å². The van der Waals surface area contributed by atoms with Crippen LogP contribution in [0.1, 0.15) is 18.6 Å². The lowest BCUT2D eigenvalue weighted by molar-refractivity contribution is 0.0924. The van der Waals surface area contributed by atoms with E-state index in [9.17, 15) is 4.79 Å². The van der Waals surface area contributed by atoms with Crippen molar-refractivity contribution >= 4 is 23.6 Å². The third kappa shape index (κ3) is 3.85. The smallest absolute Gasteiger partial charge is 0.246 e. The zero-order valence-corrected chi connectivity index (χ0v) is 13.4. The number of aromatic nitrogens is 3. The fraction of sp³-hybridized carbons (Fsp3) is 0.188. The lowest BCUT2D eigenvalue weighted by Gasteiger charge is -2.06. The summed E-state index contributed by atoms with van der Waals surface area (Å²) in [5.74, 6) is 0.780. The van der Waals surface area contributed by atoms with E-state index in [1.165, 1.54) is 23.4 Å². The maximum absolute atomic E-state index is 11.7. The van der Waals surface area contributed by atoms with Crippen molar-refractivity contribution in [3.8, 4) is 11.4 Å². The maximum Gasteiger partial charge on any atom is 0.246 e. The van der Waals surface area contributed by atoms with E-state index in [-0.39, 0.29) is 5.91 Å². The van der Waals surface area contributed by atoms with Gasteiger partial charge in [0.1, 0.15) is 0 Å². The first kappa shape index (κ1) is 16.0. The monoisotopic (exact) mass is 314 g/mol. The number of benzene rings is 1. The number of anilines is 1. The minimum absolute atomic E-state index is 0.185. The van der Waals surface area contributed by atoms with Crippen molar-refractivity contribution in [1.82, 2.24) is 14.8 Å². The van der Waals surface area contributed by atoms with E-state index in [4.69, 9.17) is 0 Å². The van der Waals surface area contributed by atoms with Crippen LogP contribution in [0.3, 0.4) is 0 Å². The molecule has 0 aliphatic rings. The van der Waals surface area contributed by atoms with Crippen LogP contribution in [0, 0.1) is 0 Å². The average Bonchev–Trinajstić information content (AvgIpc) is 2.97. The number of carbonyl (C=O) groups is 1. The number of nitrogens with one attached hydrogen (secondary N) is 1. The molecule has 0 fully saturated rings. The number of hydrogen-bond acceptors (Lipinski definition) is 5. The molecule has 22 heavy (non-hydrogen) atoms.